The molecule has 0 bridgehead atoms. The molecule has 0 atom stereocenters. The van der Waals surface area contributed by atoms with Gasteiger partial charge in [-0.05, 0) is 60.2 Å². The third kappa shape index (κ3) is 14.5. The van der Waals surface area contributed by atoms with Crippen molar-refractivity contribution in [3.05, 3.63) is 88.5 Å². The van der Waals surface area contributed by atoms with Crippen LogP contribution < -0.4 is 4.74 Å². The van der Waals surface area contributed by atoms with Crippen LogP contribution in [0.3, 0.4) is 0 Å². The van der Waals surface area contributed by atoms with Crippen molar-refractivity contribution >= 4 is 0 Å². The first kappa shape index (κ1) is 47.5. The first-order valence-corrected chi connectivity index (χ1v) is 19.2. The predicted octanol–water partition coefficient (Wildman–Crippen LogP) is 10.8. The number of imidazole rings is 1. The molecule has 0 unspecified atom stereocenters. The van der Waals surface area contributed by atoms with E-state index >= 15 is 0 Å². The molecule has 0 saturated carbocycles. The number of ether oxygens (including phenoxy) is 1. The van der Waals surface area contributed by atoms with Crippen LogP contribution in [-0.2, 0) is 34.0 Å². The van der Waals surface area contributed by atoms with E-state index < -0.39 is 28.9 Å². The van der Waals surface area contributed by atoms with Gasteiger partial charge in [-0.2, -0.15) is 26.3 Å². The van der Waals surface area contributed by atoms with Crippen molar-refractivity contribution < 1.29 is 35.6 Å². The first-order chi connectivity index (χ1) is 25.9. The van der Waals surface area contributed by atoms with Gasteiger partial charge in [0.1, 0.15) is 17.9 Å². The van der Waals surface area contributed by atoms with Crippen LogP contribution in [0, 0.1) is 6.92 Å². The quantitative estimate of drug-likeness (QED) is 0.186. The highest BCUT2D eigenvalue weighted by molar-refractivity contribution is 5.44. The van der Waals surface area contributed by atoms with Crippen molar-refractivity contribution in [1.29, 1.82) is 0 Å². The Hall–Kier alpha value is -3.91. The molecule has 1 fully saturated rings. The smallest absolute Gasteiger partial charge is 0.421 e. The lowest BCUT2D eigenvalue weighted by atomic mass is 9.85. The fourth-order valence-electron chi connectivity index (χ4n) is 5.42. The Labute approximate surface area is 335 Å². The number of likely N-dealkylation sites (N-methyl/N-ethyl adjacent to an activating group) is 1. The van der Waals surface area contributed by atoms with Crippen LogP contribution in [0.2, 0.25) is 0 Å². The number of benzene rings is 1. The molecule has 0 radical (unpaired) electrons. The van der Waals surface area contributed by atoms with Gasteiger partial charge in [0.2, 0.25) is 5.88 Å². The summed E-state index contributed by atoms with van der Waals surface area (Å²) in [7, 11) is 2.06. The van der Waals surface area contributed by atoms with Crippen molar-refractivity contribution in [2.75, 3.05) is 46.4 Å². The summed E-state index contributed by atoms with van der Waals surface area (Å²) in [6, 6.07) is 7.35. The molecule has 1 saturated heterocycles. The second kappa shape index (κ2) is 17.9. The molecule has 0 aliphatic carbocycles. The molecule has 318 valence electrons. The van der Waals surface area contributed by atoms with E-state index in [1.54, 1.807) is 23.8 Å². The van der Waals surface area contributed by atoms with Gasteiger partial charge >= 0.3 is 12.4 Å². The lowest BCUT2D eigenvalue weighted by molar-refractivity contribution is -0.139. The summed E-state index contributed by atoms with van der Waals surface area (Å²) in [5.74, 6) is 0.627. The highest BCUT2D eigenvalue weighted by Crippen LogP contribution is 2.38. The molecule has 57 heavy (non-hydrogen) atoms. The van der Waals surface area contributed by atoms with Crippen LogP contribution >= 0.6 is 0 Å². The fourth-order valence-corrected chi connectivity index (χ4v) is 5.42. The number of hydrogen-bond acceptors (Lipinski definition) is 7. The number of hydrogen-bond donors (Lipinski definition) is 0. The SMILES string of the molecule is CC(C)(C)c1cc(C(C)(C)C)on1.CN1CCN(CCOc2ncc(C(C)(C)C)cc2C(F)(F)F)CC1.Cc1cn(-c2cc(C(C)(C)C)cc(C(F)(F)F)c2)cn1. The molecule has 0 spiro atoms. The summed E-state index contributed by atoms with van der Waals surface area (Å²) < 4.78 is 91.3. The monoisotopic (exact) mass is 808 g/mol. The average Bonchev–Trinajstić information content (AvgIpc) is 3.75. The first-order valence-electron chi connectivity index (χ1n) is 19.2. The molecule has 1 aromatic carbocycles. The number of halogens is 6. The van der Waals surface area contributed by atoms with E-state index in [2.05, 4.69) is 79.6 Å². The Bertz CT molecular complexity index is 1820. The van der Waals surface area contributed by atoms with Crippen LogP contribution in [0.1, 0.15) is 122 Å². The van der Waals surface area contributed by atoms with Gasteiger partial charge in [0.15, 0.2) is 0 Å². The molecule has 0 N–H and O–H groups in total. The van der Waals surface area contributed by atoms with Crippen LogP contribution in [-0.4, -0.2) is 75.9 Å². The van der Waals surface area contributed by atoms with E-state index in [9.17, 15) is 26.3 Å². The van der Waals surface area contributed by atoms with Gasteiger partial charge in [0.05, 0.1) is 23.3 Å². The van der Waals surface area contributed by atoms with E-state index in [0.29, 0.717) is 23.4 Å². The summed E-state index contributed by atoms with van der Waals surface area (Å²) in [4.78, 5) is 12.4. The highest BCUT2D eigenvalue weighted by atomic mass is 19.4. The molecule has 4 heterocycles. The lowest BCUT2D eigenvalue weighted by Gasteiger charge is -2.32. The Balaban J connectivity index is 0.000000239. The van der Waals surface area contributed by atoms with Crippen LogP contribution in [0.15, 0.2) is 53.6 Å². The largest absolute Gasteiger partial charge is 0.476 e. The van der Waals surface area contributed by atoms with E-state index in [1.807, 2.05) is 41.5 Å². The standard InChI is InChI=1S/C17H26F3N3O.C15H17F3N2.C11H19NO/c1-16(2,3)13-11-14(17(18,19)20)15(21-12-13)24-10-9-23-7-5-22(4)6-8-23;1-10-8-20(9-19-10)13-6-11(14(2,3)4)5-12(7-13)15(16,17)18;1-10(2,3)8-7-9(13-12-8)11(4,5)6/h11-12H,5-10H2,1-4H3;5-9H,1-4H3;7H,1-6H3. The van der Waals surface area contributed by atoms with Gasteiger partial charge in [-0.25, -0.2) is 9.97 Å². The molecule has 4 aromatic rings. The third-order valence-corrected chi connectivity index (χ3v) is 9.40. The van der Waals surface area contributed by atoms with E-state index in [-0.39, 0.29) is 28.7 Å². The minimum absolute atomic E-state index is 0.0521. The van der Waals surface area contributed by atoms with Crippen LogP contribution in [0.4, 0.5) is 26.3 Å². The van der Waals surface area contributed by atoms with E-state index in [1.165, 1.54) is 18.6 Å². The van der Waals surface area contributed by atoms with Gasteiger partial charge in [-0.3, -0.25) is 4.90 Å². The van der Waals surface area contributed by atoms with Gasteiger partial charge in [0.25, 0.3) is 0 Å². The number of aromatic nitrogens is 4. The molecule has 0 amide bonds. The number of rotatable bonds is 5. The number of pyridine rings is 1. The van der Waals surface area contributed by atoms with Crippen molar-refractivity contribution in [3.63, 3.8) is 0 Å². The Morgan fingerprint density at radius 2 is 1.25 bits per heavy atom. The van der Waals surface area contributed by atoms with Crippen molar-refractivity contribution in [3.8, 4) is 11.6 Å². The maximum absolute atomic E-state index is 13.3. The molecule has 14 heteroatoms. The number of piperazine rings is 1. The van der Waals surface area contributed by atoms with Crippen molar-refractivity contribution in [2.24, 2.45) is 0 Å². The Kier molecular flexibility index (Phi) is 14.9. The summed E-state index contributed by atoms with van der Waals surface area (Å²) in [5.41, 5.74) is 1.40. The zero-order valence-corrected chi connectivity index (χ0v) is 36.1. The van der Waals surface area contributed by atoms with Crippen molar-refractivity contribution in [1.82, 2.24) is 29.5 Å². The van der Waals surface area contributed by atoms with E-state index in [4.69, 9.17) is 9.26 Å². The van der Waals surface area contributed by atoms with Crippen LogP contribution in [0.5, 0.6) is 5.88 Å². The second-order valence-corrected chi connectivity index (χ2v) is 18.8. The fraction of sp³-hybridized carbons (Fsp3) is 0.605. The third-order valence-electron chi connectivity index (χ3n) is 9.40. The van der Waals surface area contributed by atoms with Gasteiger partial charge in [-0.15, -0.1) is 0 Å². The normalized spacial score (nSPS) is 15.1. The topological polar surface area (TPSA) is 72.5 Å². The van der Waals surface area contributed by atoms with E-state index in [0.717, 1.165) is 55.5 Å². The summed E-state index contributed by atoms with van der Waals surface area (Å²) in [6.07, 6.45) is -4.12. The number of alkyl halides is 6. The van der Waals surface area contributed by atoms with Gasteiger partial charge in [0, 0.05) is 67.7 Å². The number of nitrogens with zero attached hydrogens (tertiary/aromatic N) is 6. The average molecular weight is 809 g/mol. The molecule has 1 aliphatic rings. The molecular formula is C43H62F6N6O2. The Morgan fingerprint density at radius 3 is 1.68 bits per heavy atom. The maximum Gasteiger partial charge on any atom is 0.421 e. The number of aryl methyl sites for hydroxylation is 1. The van der Waals surface area contributed by atoms with Crippen molar-refractivity contribution in [2.45, 2.75) is 124 Å². The minimum atomic E-state index is -4.47. The zero-order valence-electron chi connectivity index (χ0n) is 36.1. The van der Waals surface area contributed by atoms with Gasteiger partial charge in [-0.1, -0.05) is 88.2 Å². The molecule has 1 aliphatic heterocycles. The molecular weight excluding hydrogens is 747 g/mol. The summed E-state index contributed by atoms with van der Waals surface area (Å²) in [5, 5.41) is 4.08. The second-order valence-electron chi connectivity index (χ2n) is 18.8. The van der Waals surface area contributed by atoms with Crippen LogP contribution in [0.25, 0.3) is 5.69 Å². The molecule has 5 rings (SSSR count). The highest BCUT2D eigenvalue weighted by Gasteiger charge is 2.37. The molecule has 8 nitrogen and oxygen atoms in total. The summed E-state index contributed by atoms with van der Waals surface area (Å²) >= 11 is 0. The maximum atomic E-state index is 13.3. The zero-order chi connectivity index (χ0) is 43.4. The summed E-state index contributed by atoms with van der Waals surface area (Å²) in [6.45, 7) is 30.4. The predicted molar refractivity (Wildman–Crippen MR) is 213 cm³/mol. The lowest BCUT2D eigenvalue weighted by Crippen LogP contribution is -2.45. The minimum Gasteiger partial charge on any atom is -0.476 e. The Morgan fingerprint density at radius 1 is 0.667 bits per heavy atom. The van der Waals surface area contributed by atoms with Gasteiger partial charge < -0.3 is 18.7 Å². The molecule has 3 aromatic heterocycles.